The number of thioether (sulfide) groups is 1. The molecule has 3 aromatic carbocycles. The van der Waals surface area contributed by atoms with Gasteiger partial charge < -0.3 is 4.74 Å². The van der Waals surface area contributed by atoms with E-state index in [1.54, 1.807) is 36.4 Å². The second kappa shape index (κ2) is 10.6. The van der Waals surface area contributed by atoms with Crippen LogP contribution >= 0.6 is 83.4 Å². The molecule has 33 heavy (non-hydrogen) atoms. The Morgan fingerprint density at radius 3 is 2.33 bits per heavy atom. The number of amides is 1. The number of rotatable bonds is 5. The van der Waals surface area contributed by atoms with E-state index in [0.717, 1.165) is 15.6 Å². The molecule has 0 bridgehead atoms. The third-order valence-corrected chi connectivity index (χ3v) is 8.28. The molecule has 0 radical (unpaired) electrons. The van der Waals surface area contributed by atoms with Gasteiger partial charge in [0.2, 0.25) is 0 Å². The van der Waals surface area contributed by atoms with Crippen molar-refractivity contribution in [2.24, 2.45) is 0 Å². The quantitative estimate of drug-likeness (QED) is 0.198. The maximum absolute atomic E-state index is 13.1. The number of hydrogen-bond donors (Lipinski definition) is 0. The lowest BCUT2D eigenvalue weighted by Gasteiger charge is -2.15. The van der Waals surface area contributed by atoms with Crippen LogP contribution in [0.1, 0.15) is 11.1 Å². The van der Waals surface area contributed by atoms with E-state index in [9.17, 15) is 9.18 Å². The predicted octanol–water partition coefficient (Wildman–Crippen LogP) is 8.75. The topological polar surface area (TPSA) is 29.5 Å². The third kappa shape index (κ3) is 5.71. The van der Waals surface area contributed by atoms with E-state index in [0.29, 0.717) is 34.6 Å². The molecule has 3 nitrogen and oxygen atoms in total. The molecule has 1 fully saturated rings. The Morgan fingerprint density at radius 1 is 1.03 bits per heavy atom. The van der Waals surface area contributed by atoms with Gasteiger partial charge in [-0.1, -0.05) is 47.7 Å². The SMILES string of the molecule is O=C1/C(=C\c2cc(Br)c(OCc3ccc(F)cc3)c(Br)c2)SC(=S)N1c1ccc(Br)c(Cl)c1. The summed E-state index contributed by atoms with van der Waals surface area (Å²) >= 11 is 23.3. The largest absolute Gasteiger partial charge is 0.487 e. The van der Waals surface area contributed by atoms with Crippen molar-refractivity contribution < 1.29 is 13.9 Å². The number of hydrogen-bond acceptors (Lipinski definition) is 4. The molecule has 4 rings (SSSR count). The Morgan fingerprint density at radius 2 is 1.70 bits per heavy atom. The average molecular weight is 693 g/mol. The Balaban J connectivity index is 1.55. The number of carbonyl (C=O) groups excluding carboxylic acids is 1. The van der Waals surface area contributed by atoms with Gasteiger partial charge >= 0.3 is 0 Å². The van der Waals surface area contributed by atoms with Crippen molar-refractivity contribution in [1.82, 2.24) is 0 Å². The first-order chi connectivity index (χ1) is 15.7. The number of ether oxygens (including phenoxy) is 1. The molecule has 10 heteroatoms. The summed E-state index contributed by atoms with van der Waals surface area (Å²) in [5, 5.41) is 0.495. The molecule has 1 saturated heterocycles. The van der Waals surface area contributed by atoms with Crippen molar-refractivity contribution in [3.63, 3.8) is 0 Å². The molecular formula is C23H12Br3ClFNO2S2. The molecule has 0 saturated carbocycles. The van der Waals surface area contributed by atoms with Gasteiger partial charge in [0, 0.05) is 4.47 Å². The molecular weight excluding hydrogens is 681 g/mol. The van der Waals surface area contributed by atoms with E-state index in [1.807, 2.05) is 12.1 Å². The Labute approximate surface area is 229 Å². The number of halogens is 5. The van der Waals surface area contributed by atoms with Crippen LogP contribution in [0.25, 0.3) is 6.08 Å². The van der Waals surface area contributed by atoms with Crippen LogP contribution in [0.2, 0.25) is 5.02 Å². The zero-order valence-electron chi connectivity index (χ0n) is 16.5. The van der Waals surface area contributed by atoms with Gasteiger partial charge in [-0.25, -0.2) is 4.39 Å². The summed E-state index contributed by atoms with van der Waals surface area (Å²) in [7, 11) is 0. The van der Waals surface area contributed by atoms with Gasteiger partial charge in [-0.2, -0.15) is 0 Å². The molecule has 1 heterocycles. The lowest BCUT2D eigenvalue weighted by Crippen LogP contribution is -2.27. The second-order valence-corrected chi connectivity index (χ2v) is 11.5. The highest BCUT2D eigenvalue weighted by Crippen LogP contribution is 2.40. The van der Waals surface area contributed by atoms with E-state index < -0.39 is 0 Å². The first-order valence-corrected chi connectivity index (χ1v) is 13.3. The highest BCUT2D eigenvalue weighted by molar-refractivity contribution is 9.11. The smallest absolute Gasteiger partial charge is 0.270 e. The third-order valence-electron chi connectivity index (χ3n) is 4.57. The molecule has 1 amide bonds. The summed E-state index contributed by atoms with van der Waals surface area (Å²) < 4.78 is 21.6. The van der Waals surface area contributed by atoms with Gasteiger partial charge in [0.05, 0.1) is 24.6 Å². The highest BCUT2D eigenvalue weighted by Gasteiger charge is 2.33. The lowest BCUT2D eigenvalue weighted by molar-refractivity contribution is -0.113. The van der Waals surface area contributed by atoms with Crippen molar-refractivity contribution in [1.29, 1.82) is 0 Å². The van der Waals surface area contributed by atoms with Crippen LogP contribution < -0.4 is 9.64 Å². The molecule has 3 aromatic rings. The standard InChI is InChI=1S/C23H12Br3ClFNO2S2/c24-16-6-5-15(10-19(16)27)29-22(30)20(33-23(29)32)9-13-7-17(25)21(18(26)8-13)31-11-12-1-3-14(28)4-2-12/h1-10H,11H2/b20-9+. The summed E-state index contributed by atoms with van der Waals surface area (Å²) in [5.74, 6) is 0.0971. The van der Waals surface area contributed by atoms with E-state index in [2.05, 4.69) is 47.8 Å². The molecule has 0 N–H and O–H groups in total. The maximum atomic E-state index is 13.1. The second-order valence-electron chi connectivity index (χ2n) is 6.84. The van der Waals surface area contributed by atoms with Gasteiger partial charge in [-0.3, -0.25) is 9.69 Å². The van der Waals surface area contributed by atoms with Crippen LogP contribution in [-0.4, -0.2) is 10.2 Å². The van der Waals surface area contributed by atoms with Crippen LogP contribution in [0, 0.1) is 5.82 Å². The predicted molar refractivity (Wildman–Crippen MR) is 147 cm³/mol. The zero-order valence-corrected chi connectivity index (χ0v) is 23.6. The van der Waals surface area contributed by atoms with Gasteiger partial charge in [-0.15, -0.1) is 0 Å². The molecule has 168 valence electrons. The normalized spacial score (nSPS) is 14.9. The van der Waals surface area contributed by atoms with Gasteiger partial charge in [0.15, 0.2) is 4.32 Å². The summed E-state index contributed by atoms with van der Waals surface area (Å²) in [4.78, 5) is 15.0. The van der Waals surface area contributed by atoms with Crippen LogP contribution in [-0.2, 0) is 11.4 Å². The molecule has 0 aromatic heterocycles. The minimum absolute atomic E-state index is 0.215. The van der Waals surface area contributed by atoms with E-state index in [1.165, 1.54) is 28.8 Å². The summed E-state index contributed by atoms with van der Waals surface area (Å²) in [5.41, 5.74) is 2.24. The summed E-state index contributed by atoms with van der Waals surface area (Å²) in [6, 6.07) is 15.1. The lowest BCUT2D eigenvalue weighted by atomic mass is 10.2. The molecule has 0 spiro atoms. The van der Waals surface area contributed by atoms with Crippen molar-refractivity contribution >= 4 is 105 Å². The minimum atomic E-state index is -0.292. The van der Waals surface area contributed by atoms with Gasteiger partial charge in [0.25, 0.3) is 5.91 Å². The number of carbonyl (C=O) groups is 1. The minimum Gasteiger partial charge on any atom is -0.487 e. The number of thiocarbonyl (C=S) groups is 1. The first kappa shape index (κ1) is 24.9. The van der Waals surface area contributed by atoms with E-state index in [-0.39, 0.29) is 18.3 Å². The first-order valence-electron chi connectivity index (χ1n) is 9.32. The molecule has 1 aliphatic heterocycles. The van der Waals surface area contributed by atoms with Crippen LogP contribution in [0.5, 0.6) is 5.75 Å². The summed E-state index contributed by atoms with van der Waals surface area (Å²) in [6.07, 6.45) is 1.78. The fraction of sp³-hybridized carbons (Fsp3) is 0.0435. The van der Waals surface area contributed by atoms with E-state index in [4.69, 9.17) is 28.6 Å². The fourth-order valence-electron chi connectivity index (χ4n) is 3.00. The monoisotopic (exact) mass is 689 g/mol. The van der Waals surface area contributed by atoms with Gasteiger partial charge in [-0.05, 0) is 107 Å². The molecule has 0 aliphatic carbocycles. The highest BCUT2D eigenvalue weighted by atomic mass is 79.9. The van der Waals surface area contributed by atoms with Crippen molar-refractivity contribution in [2.45, 2.75) is 6.61 Å². The van der Waals surface area contributed by atoms with Crippen molar-refractivity contribution in [3.05, 3.63) is 94.9 Å². The van der Waals surface area contributed by atoms with Crippen molar-refractivity contribution in [3.8, 4) is 5.75 Å². The molecule has 0 atom stereocenters. The average Bonchev–Trinajstić information content (AvgIpc) is 3.03. The van der Waals surface area contributed by atoms with Crippen molar-refractivity contribution in [2.75, 3.05) is 4.90 Å². The Hall–Kier alpha value is -1.23. The fourth-order valence-corrected chi connectivity index (χ4v) is 6.17. The Kier molecular flexibility index (Phi) is 7.98. The number of benzene rings is 3. The van der Waals surface area contributed by atoms with Crippen LogP contribution in [0.15, 0.2) is 72.9 Å². The Bertz CT molecular complexity index is 1280. The number of anilines is 1. The number of nitrogens with zero attached hydrogens (tertiary/aromatic N) is 1. The zero-order chi connectivity index (χ0) is 23.7. The van der Waals surface area contributed by atoms with E-state index >= 15 is 0 Å². The molecule has 1 aliphatic rings. The van der Waals surface area contributed by atoms with Crippen LogP contribution in [0.3, 0.4) is 0 Å². The molecule has 0 unspecified atom stereocenters. The van der Waals surface area contributed by atoms with Gasteiger partial charge in [0.1, 0.15) is 18.2 Å². The summed E-state index contributed by atoms with van der Waals surface area (Å²) in [6.45, 7) is 0.283. The van der Waals surface area contributed by atoms with Crippen LogP contribution in [0.4, 0.5) is 10.1 Å². The maximum Gasteiger partial charge on any atom is 0.270 e.